The maximum Gasteiger partial charge on any atom is 0.234 e. The first-order valence-corrected chi connectivity index (χ1v) is 6.24. The third kappa shape index (κ3) is 2.10. The molecule has 0 aliphatic carbocycles. The van der Waals surface area contributed by atoms with E-state index in [2.05, 4.69) is 15.3 Å². The van der Waals surface area contributed by atoms with Crippen molar-refractivity contribution in [2.45, 2.75) is 0 Å². The Balaban J connectivity index is 1.97. The summed E-state index contributed by atoms with van der Waals surface area (Å²) in [6, 6.07) is 9.35. The van der Waals surface area contributed by atoms with Crippen LogP contribution in [0.25, 0.3) is 5.69 Å². The molecule has 2 heterocycles. The van der Waals surface area contributed by atoms with Gasteiger partial charge >= 0.3 is 0 Å². The lowest BCUT2D eigenvalue weighted by Crippen LogP contribution is -2.10. The minimum absolute atomic E-state index is 0.222. The molecule has 0 unspecified atom stereocenters. The van der Waals surface area contributed by atoms with Gasteiger partial charge < -0.3 is 0 Å². The van der Waals surface area contributed by atoms with Gasteiger partial charge in [-0.3, -0.25) is 9.48 Å². The first kappa shape index (κ1) is 12.6. The summed E-state index contributed by atoms with van der Waals surface area (Å²) in [5, 5.41) is 12.5. The van der Waals surface area contributed by atoms with Crippen molar-refractivity contribution in [3.05, 3.63) is 59.1 Å². The topological polar surface area (TPSA) is 65.6 Å². The Bertz CT molecular complexity index is 743. The molecule has 0 aliphatic heterocycles. The summed E-state index contributed by atoms with van der Waals surface area (Å²) in [4.78, 5) is 13.7. The van der Waals surface area contributed by atoms with Gasteiger partial charge in [0, 0.05) is 7.05 Å². The van der Waals surface area contributed by atoms with Crippen molar-refractivity contribution >= 4 is 17.4 Å². The van der Waals surface area contributed by atoms with Gasteiger partial charge in [0.25, 0.3) is 0 Å². The number of aryl methyl sites for hydroxylation is 1. The highest BCUT2D eigenvalue weighted by atomic mass is 35.5. The number of nitrogens with zero attached hydrogens (tertiary/aromatic N) is 5. The molecular formula is C13H10ClN5O. The molecule has 2 aromatic heterocycles. The maximum atomic E-state index is 12.3. The Morgan fingerprint density at radius 3 is 2.55 bits per heavy atom. The van der Waals surface area contributed by atoms with Crippen LogP contribution in [0.2, 0.25) is 5.02 Å². The normalized spacial score (nSPS) is 10.7. The first-order valence-electron chi connectivity index (χ1n) is 5.87. The molecule has 0 N–H and O–H groups in total. The Morgan fingerprint density at radius 2 is 1.90 bits per heavy atom. The van der Waals surface area contributed by atoms with E-state index in [0.717, 1.165) is 5.69 Å². The lowest BCUT2D eigenvalue weighted by molar-refractivity contribution is 0.102. The molecule has 0 saturated heterocycles. The number of hydrogen-bond donors (Lipinski definition) is 0. The molecule has 0 atom stereocenters. The van der Waals surface area contributed by atoms with E-state index in [1.54, 1.807) is 7.05 Å². The fourth-order valence-corrected chi connectivity index (χ4v) is 2.09. The molecule has 20 heavy (non-hydrogen) atoms. The highest BCUT2D eigenvalue weighted by Gasteiger charge is 2.20. The lowest BCUT2D eigenvalue weighted by atomic mass is 10.2. The highest BCUT2D eigenvalue weighted by molar-refractivity contribution is 6.34. The number of para-hydroxylation sites is 1. The second kappa shape index (κ2) is 4.90. The Kier molecular flexibility index (Phi) is 3.08. The molecular weight excluding hydrogens is 278 g/mol. The molecule has 7 heteroatoms. The van der Waals surface area contributed by atoms with E-state index in [0.29, 0.717) is 10.7 Å². The summed E-state index contributed by atoms with van der Waals surface area (Å²) in [5.74, 6) is -0.308. The lowest BCUT2D eigenvalue weighted by Gasteiger charge is -1.99. The summed E-state index contributed by atoms with van der Waals surface area (Å²) in [5.41, 5.74) is 1.30. The first-order chi connectivity index (χ1) is 9.66. The number of carbonyl (C=O) groups is 1. The van der Waals surface area contributed by atoms with E-state index in [4.69, 9.17) is 11.6 Å². The van der Waals surface area contributed by atoms with Crippen molar-refractivity contribution in [2.75, 3.05) is 0 Å². The summed E-state index contributed by atoms with van der Waals surface area (Å²) in [7, 11) is 1.65. The molecule has 0 aliphatic rings. The second-order valence-corrected chi connectivity index (χ2v) is 4.56. The number of hydrogen-bond acceptors (Lipinski definition) is 4. The van der Waals surface area contributed by atoms with Gasteiger partial charge in [-0.15, -0.1) is 5.10 Å². The van der Waals surface area contributed by atoms with Crippen LogP contribution in [0.15, 0.2) is 42.7 Å². The predicted molar refractivity (Wildman–Crippen MR) is 73.0 cm³/mol. The molecule has 1 aromatic carbocycles. The Labute approximate surface area is 119 Å². The zero-order valence-corrected chi connectivity index (χ0v) is 11.3. The standard InChI is InChI=1S/C13H10ClN5O/c1-18-12(10(14)7-15-18)13(20)11-8-16-19(17-11)9-5-3-2-4-6-9/h2-8H,1H3. The molecule has 3 aromatic rings. The quantitative estimate of drug-likeness (QED) is 0.690. The predicted octanol–water partition coefficient (Wildman–Crippen LogP) is 1.89. The summed E-state index contributed by atoms with van der Waals surface area (Å²) < 4.78 is 1.42. The Hall–Kier alpha value is -2.47. The van der Waals surface area contributed by atoms with Crippen LogP contribution in [0.3, 0.4) is 0 Å². The van der Waals surface area contributed by atoms with Crippen LogP contribution in [0.1, 0.15) is 16.2 Å². The summed E-state index contributed by atoms with van der Waals surface area (Å²) >= 11 is 5.95. The van der Waals surface area contributed by atoms with Gasteiger partial charge in [0.1, 0.15) is 5.69 Å². The number of ketones is 1. The molecule has 0 amide bonds. The van der Waals surface area contributed by atoms with E-state index >= 15 is 0 Å². The third-order valence-corrected chi connectivity index (χ3v) is 3.10. The van der Waals surface area contributed by atoms with Crippen LogP contribution in [-0.4, -0.2) is 30.6 Å². The van der Waals surface area contributed by atoms with Gasteiger partial charge in [0.05, 0.1) is 23.1 Å². The molecule has 0 saturated carbocycles. The number of aromatic nitrogens is 5. The van der Waals surface area contributed by atoms with Gasteiger partial charge in [0.2, 0.25) is 5.78 Å². The van der Waals surface area contributed by atoms with Crippen LogP contribution >= 0.6 is 11.6 Å². The van der Waals surface area contributed by atoms with Crippen molar-refractivity contribution < 1.29 is 4.79 Å². The molecule has 0 spiro atoms. The van der Waals surface area contributed by atoms with Crippen LogP contribution in [0, 0.1) is 0 Å². The van der Waals surface area contributed by atoms with E-state index in [1.165, 1.54) is 21.9 Å². The monoisotopic (exact) mass is 287 g/mol. The second-order valence-electron chi connectivity index (χ2n) is 4.15. The van der Waals surface area contributed by atoms with E-state index in [-0.39, 0.29) is 11.5 Å². The average Bonchev–Trinajstić information content (AvgIpc) is 3.07. The van der Waals surface area contributed by atoms with Crippen molar-refractivity contribution in [2.24, 2.45) is 7.05 Å². The van der Waals surface area contributed by atoms with Gasteiger partial charge in [0.15, 0.2) is 5.69 Å². The maximum absolute atomic E-state index is 12.3. The van der Waals surface area contributed by atoms with Crippen molar-refractivity contribution in [3.8, 4) is 5.69 Å². The molecule has 0 fully saturated rings. The van der Waals surface area contributed by atoms with E-state index in [1.807, 2.05) is 30.3 Å². The van der Waals surface area contributed by atoms with Crippen LogP contribution in [0.5, 0.6) is 0 Å². The van der Waals surface area contributed by atoms with Gasteiger partial charge in [-0.05, 0) is 12.1 Å². The number of carbonyl (C=O) groups excluding carboxylic acids is 1. The van der Waals surface area contributed by atoms with Crippen molar-refractivity contribution in [1.82, 2.24) is 24.8 Å². The largest absolute Gasteiger partial charge is 0.285 e. The molecule has 100 valence electrons. The smallest absolute Gasteiger partial charge is 0.234 e. The van der Waals surface area contributed by atoms with Crippen molar-refractivity contribution in [1.29, 1.82) is 0 Å². The number of benzene rings is 1. The van der Waals surface area contributed by atoms with Gasteiger partial charge in [-0.25, -0.2) is 0 Å². The third-order valence-electron chi connectivity index (χ3n) is 2.82. The summed E-state index contributed by atoms with van der Waals surface area (Å²) in [6.45, 7) is 0. The van der Waals surface area contributed by atoms with Crippen LogP contribution in [0.4, 0.5) is 0 Å². The van der Waals surface area contributed by atoms with E-state index in [9.17, 15) is 4.79 Å². The zero-order chi connectivity index (χ0) is 14.1. The van der Waals surface area contributed by atoms with Gasteiger partial charge in [-0.1, -0.05) is 29.8 Å². The van der Waals surface area contributed by atoms with E-state index < -0.39 is 0 Å². The molecule has 0 radical (unpaired) electrons. The number of halogens is 1. The Morgan fingerprint density at radius 1 is 1.15 bits per heavy atom. The fourth-order valence-electron chi connectivity index (χ4n) is 1.84. The highest BCUT2D eigenvalue weighted by Crippen LogP contribution is 2.17. The molecule has 3 rings (SSSR count). The number of rotatable bonds is 3. The van der Waals surface area contributed by atoms with Crippen LogP contribution < -0.4 is 0 Å². The average molecular weight is 288 g/mol. The summed E-state index contributed by atoms with van der Waals surface area (Å²) in [6.07, 6.45) is 2.84. The van der Waals surface area contributed by atoms with Crippen LogP contribution in [-0.2, 0) is 7.05 Å². The van der Waals surface area contributed by atoms with Gasteiger partial charge in [-0.2, -0.15) is 15.0 Å². The SMILES string of the molecule is Cn1ncc(Cl)c1C(=O)c1cnn(-c2ccccc2)n1. The minimum Gasteiger partial charge on any atom is -0.285 e. The molecule has 6 nitrogen and oxygen atoms in total. The molecule has 0 bridgehead atoms. The van der Waals surface area contributed by atoms with Crippen molar-refractivity contribution in [3.63, 3.8) is 0 Å². The fraction of sp³-hybridized carbons (Fsp3) is 0.0769. The zero-order valence-electron chi connectivity index (χ0n) is 10.6. The minimum atomic E-state index is -0.308.